The van der Waals surface area contributed by atoms with Gasteiger partial charge >= 0.3 is 5.69 Å². The molecule has 0 spiro atoms. The first-order valence-corrected chi connectivity index (χ1v) is 8.69. The number of rotatable bonds is 4. The van der Waals surface area contributed by atoms with Crippen LogP contribution in [0.3, 0.4) is 0 Å². The number of para-hydroxylation sites is 1. The van der Waals surface area contributed by atoms with Crippen LogP contribution in [0.25, 0.3) is 16.7 Å². The lowest BCUT2D eigenvalue weighted by molar-refractivity contribution is 0.414. The van der Waals surface area contributed by atoms with E-state index in [1.165, 1.54) is 9.13 Å². The SMILES string of the molecule is COc1ccc(Cn2c(=O)c3ccc(N)nc3n(-c3ccccc3)c2=O)cc1. The van der Waals surface area contributed by atoms with Gasteiger partial charge in [-0.1, -0.05) is 30.3 Å². The lowest BCUT2D eigenvalue weighted by Crippen LogP contribution is -2.40. The molecule has 0 amide bonds. The molecule has 28 heavy (non-hydrogen) atoms. The van der Waals surface area contributed by atoms with E-state index in [-0.39, 0.29) is 18.0 Å². The van der Waals surface area contributed by atoms with E-state index in [1.807, 2.05) is 30.3 Å². The summed E-state index contributed by atoms with van der Waals surface area (Å²) in [6.45, 7) is 0.134. The molecule has 2 N–H and O–H groups in total. The van der Waals surface area contributed by atoms with Crippen LogP contribution >= 0.6 is 0 Å². The van der Waals surface area contributed by atoms with E-state index in [9.17, 15) is 9.59 Å². The number of pyridine rings is 1. The molecule has 0 aliphatic carbocycles. The third-order valence-corrected chi connectivity index (χ3v) is 4.52. The Morgan fingerprint density at radius 1 is 0.964 bits per heavy atom. The third kappa shape index (κ3) is 3.03. The number of nitrogens with zero attached hydrogens (tertiary/aromatic N) is 3. The lowest BCUT2D eigenvalue weighted by Gasteiger charge is -2.14. The number of aromatic nitrogens is 3. The molecule has 0 aliphatic rings. The summed E-state index contributed by atoms with van der Waals surface area (Å²) in [5, 5.41) is 0.325. The molecule has 2 heterocycles. The Hall–Kier alpha value is -3.87. The van der Waals surface area contributed by atoms with Crippen molar-refractivity contribution in [2.75, 3.05) is 12.8 Å². The smallest absolute Gasteiger partial charge is 0.337 e. The molecule has 0 saturated heterocycles. The van der Waals surface area contributed by atoms with Crippen LogP contribution in [0.5, 0.6) is 5.75 Å². The molecule has 0 saturated carbocycles. The van der Waals surface area contributed by atoms with E-state index in [2.05, 4.69) is 4.98 Å². The fraction of sp³-hybridized carbons (Fsp3) is 0.0952. The average molecular weight is 374 g/mol. The minimum absolute atomic E-state index is 0.134. The summed E-state index contributed by atoms with van der Waals surface area (Å²) in [6, 6.07) is 19.4. The molecule has 2 aromatic heterocycles. The van der Waals surface area contributed by atoms with Crippen molar-refractivity contribution in [1.29, 1.82) is 0 Å². The van der Waals surface area contributed by atoms with Gasteiger partial charge in [-0.3, -0.25) is 9.36 Å². The maximum absolute atomic E-state index is 13.3. The number of hydrogen-bond acceptors (Lipinski definition) is 5. The van der Waals surface area contributed by atoms with Crippen molar-refractivity contribution in [2.24, 2.45) is 0 Å². The van der Waals surface area contributed by atoms with E-state index < -0.39 is 11.2 Å². The number of ether oxygens (including phenoxy) is 1. The van der Waals surface area contributed by atoms with Gasteiger partial charge in [0.2, 0.25) is 0 Å². The van der Waals surface area contributed by atoms with Crippen LogP contribution in [0.15, 0.2) is 76.3 Å². The monoisotopic (exact) mass is 374 g/mol. The highest BCUT2D eigenvalue weighted by molar-refractivity contribution is 5.77. The normalized spacial score (nSPS) is 10.9. The molecule has 2 aromatic carbocycles. The third-order valence-electron chi connectivity index (χ3n) is 4.52. The van der Waals surface area contributed by atoms with Gasteiger partial charge in [-0.2, -0.15) is 0 Å². The molecule has 0 fully saturated rings. The number of nitrogen functional groups attached to an aromatic ring is 1. The Balaban J connectivity index is 1.98. The zero-order valence-corrected chi connectivity index (χ0v) is 15.2. The number of fused-ring (bicyclic) bond motifs is 1. The molecule has 4 rings (SSSR count). The second kappa shape index (κ2) is 7.03. The number of benzene rings is 2. The maximum Gasteiger partial charge on any atom is 0.337 e. The summed E-state index contributed by atoms with van der Waals surface area (Å²) in [4.78, 5) is 30.5. The fourth-order valence-electron chi connectivity index (χ4n) is 3.11. The quantitative estimate of drug-likeness (QED) is 0.591. The van der Waals surface area contributed by atoms with Crippen LogP contribution in [0, 0.1) is 0 Å². The summed E-state index contributed by atoms with van der Waals surface area (Å²) < 4.78 is 7.77. The Kier molecular flexibility index (Phi) is 4.41. The Morgan fingerprint density at radius 2 is 1.68 bits per heavy atom. The molecule has 7 heteroatoms. The van der Waals surface area contributed by atoms with E-state index in [0.29, 0.717) is 16.8 Å². The number of anilines is 1. The van der Waals surface area contributed by atoms with E-state index >= 15 is 0 Å². The molecule has 4 aromatic rings. The van der Waals surface area contributed by atoms with Gasteiger partial charge in [-0.25, -0.2) is 14.3 Å². The topological polar surface area (TPSA) is 92.1 Å². The van der Waals surface area contributed by atoms with Crippen molar-refractivity contribution in [1.82, 2.24) is 14.1 Å². The van der Waals surface area contributed by atoms with Crippen LogP contribution in [0.1, 0.15) is 5.56 Å². The first-order valence-electron chi connectivity index (χ1n) is 8.69. The number of nitrogens with two attached hydrogens (primary N) is 1. The highest BCUT2D eigenvalue weighted by atomic mass is 16.5. The number of methoxy groups -OCH3 is 1. The summed E-state index contributed by atoms with van der Waals surface area (Å²) in [5.41, 5.74) is 6.59. The van der Waals surface area contributed by atoms with Crippen LogP contribution in [0.4, 0.5) is 5.82 Å². The minimum atomic E-state index is -0.474. The Bertz CT molecular complexity index is 1260. The van der Waals surface area contributed by atoms with Gasteiger partial charge in [0, 0.05) is 0 Å². The predicted octanol–water partition coefficient (Wildman–Crippen LogP) is 2.19. The van der Waals surface area contributed by atoms with Crippen molar-refractivity contribution in [2.45, 2.75) is 6.54 Å². The molecule has 140 valence electrons. The first kappa shape index (κ1) is 17.5. The molecule has 7 nitrogen and oxygen atoms in total. The first-order chi connectivity index (χ1) is 13.6. The van der Waals surface area contributed by atoms with E-state index in [0.717, 1.165) is 5.56 Å². The van der Waals surface area contributed by atoms with Crippen molar-refractivity contribution >= 4 is 16.9 Å². The van der Waals surface area contributed by atoms with Gasteiger partial charge in [-0.15, -0.1) is 0 Å². The van der Waals surface area contributed by atoms with Gasteiger partial charge < -0.3 is 10.5 Å². The summed E-state index contributed by atoms with van der Waals surface area (Å²) in [7, 11) is 1.58. The zero-order valence-electron chi connectivity index (χ0n) is 15.2. The Labute approximate surface area is 160 Å². The Morgan fingerprint density at radius 3 is 2.36 bits per heavy atom. The van der Waals surface area contributed by atoms with Crippen LogP contribution in [0.2, 0.25) is 0 Å². The van der Waals surface area contributed by atoms with Crippen molar-refractivity contribution in [3.8, 4) is 11.4 Å². The molecule has 0 radical (unpaired) electrons. The molecular weight excluding hydrogens is 356 g/mol. The van der Waals surface area contributed by atoms with Crippen molar-refractivity contribution in [3.63, 3.8) is 0 Å². The van der Waals surface area contributed by atoms with Gasteiger partial charge in [0.15, 0.2) is 5.65 Å². The molecule has 0 unspecified atom stereocenters. The van der Waals surface area contributed by atoms with Gasteiger partial charge in [0.05, 0.1) is 24.7 Å². The van der Waals surface area contributed by atoms with Gasteiger partial charge in [0.25, 0.3) is 5.56 Å². The van der Waals surface area contributed by atoms with E-state index in [4.69, 9.17) is 10.5 Å². The van der Waals surface area contributed by atoms with E-state index in [1.54, 1.807) is 43.5 Å². The van der Waals surface area contributed by atoms with Gasteiger partial charge in [0.1, 0.15) is 11.6 Å². The zero-order chi connectivity index (χ0) is 19.7. The lowest BCUT2D eigenvalue weighted by atomic mass is 10.2. The maximum atomic E-state index is 13.3. The largest absolute Gasteiger partial charge is 0.497 e. The summed E-state index contributed by atoms with van der Waals surface area (Å²) in [6.07, 6.45) is 0. The molecule has 0 aliphatic heterocycles. The van der Waals surface area contributed by atoms with Crippen LogP contribution in [-0.2, 0) is 6.54 Å². The van der Waals surface area contributed by atoms with Crippen LogP contribution < -0.4 is 21.7 Å². The van der Waals surface area contributed by atoms with Crippen molar-refractivity contribution < 1.29 is 4.74 Å². The highest BCUT2D eigenvalue weighted by Gasteiger charge is 2.16. The molecule has 0 bridgehead atoms. The van der Waals surface area contributed by atoms with Gasteiger partial charge in [-0.05, 0) is 42.0 Å². The molecule has 0 atom stereocenters. The number of hydrogen-bond donors (Lipinski definition) is 1. The van der Waals surface area contributed by atoms with Crippen molar-refractivity contribution in [3.05, 3.63) is 93.1 Å². The minimum Gasteiger partial charge on any atom is -0.497 e. The fourth-order valence-corrected chi connectivity index (χ4v) is 3.11. The summed E-state index contributed by atoms with van der Waals surface area (Å²) >= 11 is 0. The summed E-state index contributed by atoms with van der Waals surface area (Å²) in [5.74, 6) is 0.944. The predicted molar refractivity (Wildman–Crippen MR) is 108 cm³/mol. The standard InChI is InChI=1S/C21H18N4O3/c1-28-16-9-7-14(8-10-16)13-24-20(26)17-11-12-18(22)23-19(17)25(21(24)27)15-5-3-2-4-6-15/h2-12H,13H2,1H3,(H2,22,23). The second-order valence-electron chi connectivity index (χ2n) is 6.30. The molecular formula is C21H18N4O3. The second-order valence-corrected chi connectivity index (χ2v) is 6.30. The van der Waals surface area contributed by atoms with Crippen LogP contribution in [-0.4, -0.2) is 21.2 Å². The average Bonchev–Trinajstić information content (AvgIpc) is 2.72. The highest BCUT2D eigenvalue weighted by Crippen LogP contribution is 2.15.